The van der Waals surface area contributed by atoms with Crippen LogP contribution in [0, 0.1) is 0 Å². The summed E-state index contributed by atoms with van der Waals surface area (Å²) in [6.07, 6.45) is 1.10. The zero-order valence-electron chi connectivity index (χ0n) is 16.9. The molecular formula is C17H40N2O5. The van der Waals surface area contributed by atoms with Crippen LogP contribution in [0.15, 0.2) is 0 Å². The quantitative estimate of drug-likeness (QED) is 0.501. The van der Waals surface area contributed by atoms with Gasteiger partial charge in [0.25, 0.3) is 0 Å². The Kier molecular flexibility index (Phi) is 30.4. The Morgan fingerprint density at radius 3 is 1.88 bits per heavy atom. The number of alkyl carbamates (subject to hydrolysis) is 1. The van der Waals surface area contributed by atoms with Crippen molar-refractivity contribution in [3.8, 4) is 0 Å². The minimum absolute atomic E-state index is 0.219. The second-order valence-corrected chi connectivity index (χ2v) is 4.97. The molecule has 7 heteroatoms. The first-order chi connectivity index (χ1) is 11.3. The molecule has 4 N–H and O–H groups in total. The minimum atomic E-state index is -0.494. The third-order valence-corrected chi connectivity index (χ3v) is 1.82. The summed E-state index contributed by atoms with van der Waals surface area (Å²) in [4.78, 5) is 21.8. The maximum Gasteiger partial charge on any atom is 0.407 e. The van der Waals surface area contributed by atoms with Gasteiger partial charge in [0.05, 0.1) is 7.11 Å². The SMILES string of the molecule is CC.CC.COC(=O)CCCNC(=O)OC(C)(C)C.NCCCO. The molecular weight excluding hydrogens is 312 g/mol. The van der Waals surface area contributed by atoms with Gasteiger partial charge in [-0.1, -0.05) is 27.7 Å². The maximum atomic E-state index is 11.1. The summed E-state index contributed by atoms with van der Waals surface area (Å²) in [6, 6.07) is 0. The summed E-state index contributed by atoms with van der Waals surface area (Å²) in [7, 11) is 1.34. The lowest BCUT2D eigenvalue weighted by Crippen LogP contribution is -2.33. The number of aliphatic hydroxyl groups is 1. The summed E-state index contributed by atoms with van der Waals surface area (Å²) in [5.74, 6) is -0.277. The van der Waals surface area contributed by atoms with Crippen LogP contribution in [0.4, 0.5) is 4.79 Å². The van der Waals surface area contributed by atoms with Gasteiger partial charge >= 0.3 is 12.1 Å². The second-order valence-electron chi connectivity index (χ2n) is 4.97. The monoisotopic (exact) mass is 352 g/mol. The minimum Gasteiger partial charge on any atom is -0.469 e. The molecule has 0 aromatic heterocycles. The summed E-state index contributed by atoms with van der Waals surface area (Å²) >= 11 is 0. The van der Waals surface area contributed by atoms with Crippen LogP contribution >= 0.6 is 0 Å². The Morgan fingerprint density at radius 1 is 1.08 bits per heavy atom. The van der Waals surface area contributed by atoms with Gasteiger partial charge in [-0.05, 0) is 40.2 Å². The fraction of sp³-hybridized carbons (Fsp3) is 0.882. The first kappa shape index (κ1) is 30.5. The van der Waals surface area contributed by atoms with Crippen molar-refractivity contribution in [1.29, 1.82) is 0 Å². The molecule has 0 saturated carbocycles. The van der Waals surface area contributed by atoms with E-state index in [9.17, 15) is 9.59 Å². The number of nitrogens with one attached hydrogen (secondary N) is 1. The van der Waals surface area contributed by atoms with Crippen molar-refractivity contribution < 1.29 is 24.2 Å². The number of amides is 1. The van der Waals surface area contributed by atoms with E-state index in [2.05, 4.69) is 10.1 Å². The highest BCUT2D eigenvalue weighted by Crippen LogP contribution is 2.06. The molecule has 0 rings (SSSR count). The molecule has 24 heavy (non-hydrogen) atoms. The van der Waals surface area contributed by atoms with Gasteiger partial charge in [0, 0.05) is 19.6 Å². The molecule has 0 aromatic rings. The van der Waals surface area contributed by atoms with Crippen molar-refractivity contribution in [2.24, 2.45) is 5.73 Å². The molecule has 0 aliphatic heterocycles. The van der Waals surface area contributed by atoms with Crippen molar-refractivity contribution in [1.82, 2.24) is 5.32 Å². The average Bonchev–Trinajstić information content (AvgIpc) is 2.55. The van der Waals surface area contributed by atoms with Gasteiger partial charge < -0.3 is 25.6 Å². The second kappa shape index (κ2) is 23.9. The van der Waals surface area contributed by atoms with Gasteiger partial charge in [0.2, 0.25) is 0 Å². The van der Waals surface area contributed by atoms with Crippen LogP contribution in [-0.2, 0) is 14.3 Å². The van der Waals surface area contributed by atoms with E-state index in [0.717, 1.165) is 6.42 Å². The lowest BCUT2D eigenvalue weighted by Gasteiger charge is -2.19. The van der Waals surface area contributed by atoms with Crippen LogP contribution in [0.2, 0.25) is 0 Å². The van der Waals surface area contributed by atoms with Crippen molar-refractivity contribution in [3.05, 3.63) is 0 Å². The van der Waals surface area contributed by atoms with Crippen LogP contribution in [0.1, 0.15) is 67.7 Å². The van der Waals surface area contributed by atoms with E-state index in [0.29, 0.717) is 25.9 Å². The van der Waals surface area contributed by atoms with E-state index in [1.807, 2.05) is 27.7 Å². The van der Waals surface area contributed by atoms with E-state index in [1.54, 1.807) is 20.8 Å². The molecule has 0 unspecified atom stereocenters. The largest absolute Gasteiger partial charge is 0.469 e. The van der Waals surface area contributed by atoms with Gasteiger partial charge in [0.1, 0.15) is 5.60 Å². The summed E-state index contributed by atoms with van der Waals surface area (Å²) < 4.78 is 9.46. The van der Waals surface area contributed by atoms with E-state index in [4.69, 9.17) is 15.6 Å². The molecule has 0 aliphatic rings. The predicted octanol–water partition coefficient (Wildman–Crippen LogP) is 2.84. The van der Waals surface area contributed by atoms with Crippen LogP contribution in [0.25, 0.3) is 0 Å². The topological polar surface area (TPSA) is 111 Å². The molecule has 0 aromatic carbocycles. The number of carbonyl (C=O) groups excluding carboxylic acids is 2. The molecule has 0 spiro atoms. The van der Waals surface area contributed by atoms with E-state index in [-0.39, 0.29) is 12.6 Å². The number of hydrogen-bond donors (Lipinski definition) is 3. The Morgan fingerprint density at radius 2 is 1.58 bits per heavy atom. The molecule has 0 saturated heterocycles. The van der Waals surface area contributed by atoms with Crippen molar-refractivity contribution in [3.63, 3.8) is 0 Å². The van der Waals surface area contributed by atoms with Crippen LogP contribution in [-0.4, -0.2) is 49.6 Å². The van der Waals surface area contributed by atoms with Crippen molar-refractivity contribution >= 4 is 12.1 Å². The molecule has 0 atom stereocenters. The standard InChI is InChI=1S/C10H19NO4.C3H9NO.2C2H6/c1-10(2,3)15-9(13)11-7-5-6-8(12)14-4;4-2-1-3-5;2*1-2/h5-7H2,1-4H3,(H,11,13);5H,1-4H2;2*1-2H3. The lowest BCUT2D eigenvalue weighted by molar-refractivity contribution is -0.140. The van der Waals surface area contributed by atoms with Crippen LogP contribution in [0.3, 0.4) is 0 Å². The number of ether oxygens (including phenoxy) is 2. The Hall–Kier alpha value is -1.34. The fourth-order valence-electron chi connectivity index (χ4n) is 0.931. The molecule has 1 amide bonds. The van der Waals surface area contributed by atoms with Crippen molar-refractivity contribution in [2.75, 3.05) is 26.8 Å². The maximum absolute atomic E-state index is 11.1. The molecule has 7 nitrogen and oxygen atoms in total. The Bertz CT molecular complexity index is 264. The number of methoxy groups -OCH3 is 1. The number of aliphatic hydroxyl groups excluding tert-OH is 1. The number of rotatable bonds is 6. The van der Waals surface area contributed by atoms with Crippen LogP contribution in [0.5, 0.6) is 0 Å². The highest BCUT2D eigenvalue weighted by Gasteiger charge is 2.15. The molecule has 0 aliphatic carbocycles. The first-order valence-electron chi connectivity index (χ1n) is 8.61. The number of carbonyl (C=O) groups is 2. The highest BCUT2D eigenvalue weighted by molar-refractivity contribution is 5.69. The van der Waals surface area contributed by atoms with Gasteiger partial charge in [-0.25, -0.2) is 4.79 Å². The molecule has 0 radical (unpaired) electrons. The normalized spacial score (nSPS) is 8.92. The summed E-state index contributed by atoms with van der Waals surface area (Å²) in [5.41, 5.74) is 4.49. The van der Waals surface area contributed by atoms with Gasteiger partial charge in [-0.2, -0.15) is 0 Å². The van der Waals surface area contributed by atoms with E-state index in [1.165, 1.54) is 7.11 Å². The number of hydrogen-bond acceptors (Lipinski definition) is 6. The number of nitrogens with two attached hydrogens (primary N) is 1. The Labute approximate surface area is 148 Å². The molecule has 0 bridgehead atoms. The summed E-state index contributed by atoms with van der Waals surface area (Å²) in [6.45, 7) is 14.6. The predicted molar refractivity (Wildman–Crippen MR) is 98.9 cm³/mol. The fourth-order valence-corrected chi connectivity index (χ4v) is 0.931. The van der Waals surface area contributed by atoms with E-state index < -0.39 is 11.7 Å². The first-order valence-corrected chi connectivity index (χ1v) is 8.61. The van der Waals surface area contributed by atoms with Gasteiger partial charge in [-0.15, -0.1) is 0 Å². The smallest absolute Gasteiger partial charge is 0.407 e. The summed E-state index contributed by atoms with van der Waals surface area (Å²) in [5, 5.41) is 10.5. The molecule has 0 heterocycles. The lowest BCUT2D eigenvalue weighted by atomic mass is 10.2. The number of esters is 1. The zero-order chi connectivity index (χ0) is 20.0. The Balaban J connectivity index is -0.000000186. The third-order valence-electron chi connectivity index (χ3n) is 1.82. The highest BCUT2D eigenvalue weighted by atomic mass is 16.6. The molecule has 148 valence electrons. The average molecular weight is 353 g/mol. The van der Waals surface area contributed by atoms with Gasteiger partial charge in [0.15, 0.2) is 0 Å². The molecule has 0 fully saturated rings. The van der Waals surface area contributed by atoms with Gasteiger partial charge in [-0.3, -0.25) is 4.79 Å². The van der Waals surface area contributed by atoms with Crippen LogP contribution < -0.4 is 11.1 Å². The van der Waals surface area contributed by atoms with Crippen molar-refractivity contribution in [2.45, 2.75) is 73.3 Å². The third kappa shape index (κ3) is 37.2. The van der Waals surface area contributed by atoms with E-state index >= 15 is 0 Å². The zero-order valence-corrected chi connectivity index (χ0v) is 16.9.